The number of azo groups is 1. The number of hydrogen-bond donors (Lipinski definition) is 2. The van der Waals surface area contributed by atoms with Crippen molar-refractivity contribution < 1.29 is 5.11 Å². The van der Waals surface area contributed by atoms with Gasteiger partial charge in [-0.25, -0.2) is 4.98 Å². The van der Waals surface area contributed by atoms with Crippen LogP contribution < -0.4 is 5.56 Å². The summed E-state index contributed by atoms with van der Waals surface area (Å²) in [6.45, 7) is 0. The highest BCUT2D eigenvalue weighted by molar-refractivity contribution is 5.50. The Hall–Kier alpha value is -2.96. The number of aromatic hydroxyl groups is 1. The van der Waals surface area contributed by atoms with Crippen LogP contribution in [0, 0.1) is 0 Å². The van der Waals surface area contributed by atoms with Crippen LogP contribution in [0.15, 0.2) is 57.7 Å². The van der Waals surface area contributed by atoms with Gasteiger partial charge in [0.2, 0.25) is 17.3 Å². The van der Waals surface area contributed by atoms with Crippen molar-refractivity contribution in [1.29, 1.82) is 0 Å². The fraction of sp³-hybridized carbons (Fsp3) is 0. The Morgan fingerprint density at radius 2 is 2.00 bits per heavy atom. The van der Waals surface area contributed by atoms with Gasteiger partial charge in [-0.05, 0) is 12.1 Å². The minimum absolute atomic E-state index is 0.158. The Bertz CT molecular complexity index is 804. The van der Waals surface area contributed by atoms with Crippen LogP contribution in [0.5, 0.6) is 5.88 Å². The molecule has 2 N–H and O–H groups in total. The van der Waals surface area contributed by atoms with Gasteiger partial charge in [0, 0.05) is 12.4 Å². The van der Waals surface area contributed by atoms with E-state index >= 15 is 0 Å². The average Bonchev–Trinajstić information content (AvgIpc) is 2.88. The summed E-state index contributed by atoms with van der Waals surface area (Å²) in [5.41, 5.74) is -0.114. The third kappa shape index (κ3) is 1.97. The molecule has 19 heavy (non-hydrogen) atoms. The summed E-state index contributed by atoms with van der Waals surface area (Å²) < 4.78 is 1.32. The Balaban J connectivity index is 2.10. The number of aromatic amines is 1. The number of H-pyrrole nitrogens is 1. The lowest BCUT2D eigenvalue weighted by molar-refractivity contribution is 0.445. The summed E-state index contributed by atoms with van der Waals surface area (Å²) in [5, 5.41) is 17.6. The molecule has 0 saturated heterocycles. The Labute approximate surface area is 106 Å². The van der Waals surface area contributed by atoms with E-state index in [1.165, 1.54) is 16.8 Å². The van der Waals surface area contributed by atoms with Gasteiger partial charge >= 0.3 is 0 Å². The van der Waals surface area contributed by atoms with Crippen molar-refractivity contribution in [3.8, 4) is 5.88 Å². The quantitative estimate of drug-likeness (QED) is 0.687. The second-order valence-electron chi connectivity index (χ2n) is 3.78. The lowest BCUT2D eigenvalue weighted by Crippen LogP contribution is -2.08. The Morgan fingerprint density at radius 3 is 2.79 bits per heavy atom. The number of fused-ring (bicyclic) bond motifs is 1. The summed E-state index contributed by atoms with van der Waals surface area (Å²) in [6, 6.07) is 8.94. The second kappa shape index (κ2) is 4.37. The molecule has 0 atom stereocenters. The Morgan fingerprint density at radius 1 is 1.21 bits per heavy atom. The van der Waals surface area contributed by atoms with Crippen LogP contribution in [0.2, 0.25) is 0 Å². The van der Waals surface area contributed by atoms with Crippen LogP contribution in [0.4, 0.5) is 11.4 Å². The summed E-state index contributed by atoms with van der Waals surface area (Å²) >= 11 is 0. The predicted molar refractivity (Wildman–Crippen MR) is 68.1 cm³/mol. The van der Waals surface area contributed by atoms with Crippen molar-refractivity contribution in [3.63, 3.8) is 0 Å². The van der Waals surface area contributed by atoms with E-state index in [1.807, 2.05) is 6.07 Å². The van der Waals surface area contributed by atoms with E-state index in [9.17, 15) is 9.90 Å². The van der Waals surface area contributed by atoms with E-state index in [4.69, 9.17) is 0 Å². The van der Waals surface area contributed by atoms with E-state index in [2.05, 4.69) is 20.2 Å². The predicted octanol–water partition coefficient (Wildman–Crippen LogP) is 2.14. The third-order valence-electron chi connectivity index (χ3n) is 2.54. The number of rotatable bonds is 2. The number of aromatic nitrogens is 3. The number of hydrogen-bond acceptors (Lipinski definition) is 5. The van der Waals surface area contributed by atoms with Gasteiger partial charge in [-0.2, -0.15) is 5.11 Å². The molecule has 7 nitrogen and oxygen atoms in total. The van der Waals surface area contributed by atoms with E-state index < -0.39 is 5.56 Å². The second-order valence-corrected chi connectivity index (χ2v) is 3.78. The third-order valence-corrected chi connectivity index (χ3v) is 2.54. The summed E-state index contributed by atoms with van der Waals surface area (Å²) in [7, 11) is 0. The molecule has 0 spiro atoms. The van der Waals surface area contributed by atoms with Crippen molar-refractivity contribution in [3.05, 3.63) is 53.1 Å². The first-order valence-corrected chi connectivity index (χ1v) is 5.51. The van der Waals surface area contributed by atoms with Crippen LogP contribution in [0.25, 0.3) is 5.78 Å². The highest BCUT2D eigenvalue weighted by Gasteiger charge is 2.11. The topological polar surface area (TPSA) is 95.1 Å². The van der Waals surface area contributed by atoms with Crippen LogP contribution in [0.3, 0.4) is 0 Å². The molecule has 0 aliphatic carbocycles. The fourth-order valence-corrected chi connectivity index (χ4v) is 1.64. The van der Waals surface area contributed by atoms with Crippen LogP contribution in [0.1, 0.15) is 0 Å². The van der Waals surface area contributed by atoms with E-state index in [0.717, 1.165) is 0 Å². The number of nitrogens with one attached hydrogen (secondary N) is 1. The molecule has 0 saturated carbocycles. The molecular weight excluding hydrogens is 246 g/mol. The van der Waals surface area contributed by atoms with Crippen LogP contribution >= 0.6 is 0 Å². The molecule has 2 aromatic heterocycles. The van der Waals surface area contributed by atoms with Crippen molar-refractivity contribution in [1.82, 2.24) is 14.4 Å². The molecule has 0 amide bonds. The molecule has 0 aliphatic heterocycles. The molecule has 0 fully saturated rings. The zero-order valence-electron chi connectivity index (χ0n) is 9.69. The van der Waals surface area contributed by atoms with Gasteiger partial charge in [-0.3, -0.25) is 14.2 Å². The van der Waals surface area contributed by atoms with Crippen molar-refractivity contribution in [2.75, 3.05) is 0 Å². The first-order valence-electron chi connectivity index (χ1n) is 5.51. The molecule has 0 bridgehead atoms. The maximum absolute atomic E-state index is 11.8. The molecule has 0 radical (unpaired) electrons. The van der Waals surface area contributed by atoms with Gasteiger partial charge in [0.25, 0.3) is 5.56 Å². The molecule has 94 valence electrons. The van der Waals surface area contributed by atoms with Gasteiger partial charge in [0.1, 0.15) is 0 Å². The average molecular weight is 255 g/mol. The molecule has 0 unspecified atom stereocenters. The minimum Gasteiger partial charge on any atom is -0.492 e. The molecule has 2 heterocycles. The molecule has 3 aromatic rings. The lowest BCUT2D eigenvalue weighted by Gasteiger charge is -2.00. The monoisotopic (exact) mass is 255 g/mol. The van der Waals surface area contributed by atoms with Gasteiger partial charge in [0.05, 0.1) is 5.69 Å². The molecule has 1 aromatic carbocycles. The molecule has 3 rings (SSSR count). The first-order chi connectivity index (χ1) is 9.25. The number of nitrogens with zero attached hydrogens (tertiary/aromatic N) is 4. The highest BCUT2D eigenvalue weighted by atomic mass is 16.3. The summed E-state index contributed by atoms with van der Waals surface area (Å²) in [5.74, 6) is -0.0444. The largest absolute Gasteiger partial charge is 0.492 e. The smallest absolute Gasteiger partial charge is 0.284 e. The molecule has 0 aliphatic rings. The SMILES string of the molecule is O=c1[nH]c2nccn2c(O)c1N=Nc1ccccc1. The summed E-state index contributed by atoms with van der Waals surface area (Å²) in [6.07, 6.45) is 2.98. The van der Waals surface area contributed by atoms with E-state index in [0.29, 0.717) is 5.69 Å². The molecule has 7 heteroatoms. The maximum Gasteiger partial charge on any atom is 0.284 e. The van der Waals surface area contributed by atoms with E-state index in [1.54, 1.807) is 24.3 Å². The zero-order chi connectivity index (χ0) is 13.2. The molecular formula is C12H9N5O2. The van der Waals surface area contributed by atoms with Crippen LogP contribution in [-0.2, 0) is 0 Å². The van der Waals surface area contributed by atoms with Crippen molar-refractivity contribution in [2.45, 2.75) is 0 Å². The highest BCUT2D eigenvalue weighted by Crippen LogP contribution is 2.23. The lowest BCUT2D eigenvalue weighted by atomic mass is 10.3. The van der Waals surface area contributed by atoms with Crippen molar-refractivity contribution in [2.24, 2.45) is 10.2 Å². The normalized spacial score (nSPS) is 11.4. The summed E-state index contributed by atoms with van der Waals surface area (Å²) in [4.78, 5) is 18.1. The zero-order valence-corrected chi connectivity index (χ0v) is 9.69. The van der Waals surface area contributed by atoms with Gasteiger partial charge < -0.3 is 5.11 Å². The fourth-order valence-electron chi connectivity index (χ4n) is 1.64. The maximum atomic E-state index is 11.8. The van der Waals surface area contributed by atoms with E-state index in [-0.39, 0.29) is 17.3 Å². The Kier molecular flexibility index (Phi) is 2.57. The van der Waals surface area contributed by atoms with Gasteiger partial charge in [-0.15, -0.1) is 5.11 Å². The standard InChI is InChI=1S/C12H9N5O2/c18-10-9(16-15-8-4-2-1-3-5-8)11(19)17-7-6-13-12(17)14-10/h1-7,19H,(H,13,14,18). The first kappa shape index (κ1) is 11.1. The number of imidazole rings is 1. The minimum atomic E-state index is -0.545. The van der Waals surface area contributed by atoms with Crippen LogP contribution in [-0.4, -0.2) is 19.5 Å². The van der Waals surface area contributed by atoms with Gasteiger partial charge in [0.15, 0.2) is 0 Å². The number of benzene rings is 1. The van der Waals surface area contributed by atoms with Gasteiger partial charge in [-0.1, -0.05) is 18.2 Å². The van der Waals surface area contributed by atoms with Crippen molar-refractivity contribution >= 4 is 17.2 Å².